The monoisotopic (exact) mass is 308 g/mol. The van der Waals surface area contributed by atoms with Crippen molar-refractivity contribution in [1.82, 2.24) is 14.7 Å². The van der Waals surface area contributed by atoms with E-state index in [2.05, 4.69) is 10.4 Å². The minimum Gasteiger partial charge on any atom is -0.323 e. The maximum absolute atomic E-state index is 13.0. The quantitative estimate of drug-likeness (QED) is 0.866. The number of aryl methyl sites for hydroxylation is 2. The first-order chi connectivity index (χ1) is 9.30. The van der Waals surface area contributed by atoms with E-state index in [1.807, 2.05) is 0 Å². The summed E-state index contributed by atoms with van der Waals surface area (Å²) in [4.78, 5) is 13.5. The molecule has 1 aliphatic rings. The first kappa shape index (κ1) is 15.0. The highest BCUT2D eigenvalue weighted by molar-refractivity contribution is 7.99. The largest absolute Gasteiger partial charge is 0.421 e. The zero-order valence-electron chi connectivity index (χ0n) is 11.1. The van der Waals surface area contributed by atoms with E-state index < -0.39 is 17.8 Å². The SMILES string of the molecule is Cc1nn(C)c(NC(=O)N2CCSCC2)c1C(F)(F)F. The summed E-state index contributed by atoms with van der Waals surface area (Å²) in [6.07, 6.45) is -4.54. The predicted molar refractivity (Wildman–Crippen MR) is 70.9 cm³/mol. The van der Waals surface area contributed by atoms with E-state index in [0.717, 1.165) is 16.2 Å². The highest BCUT2D eigenvalue weighted by Crippen LogP contribution is 2.37. The number of carbonyl (C=O) groups is 1. The van der Waals surface area contributed by atoms with Gasteiger partial charge in [0.15, 0.2) is 0 Å². The second-order valence-corrected chi connectivity index (χ2v) is 5.68. The summed E-state index contributed by atoms with van der Waals surface area (Å²) in [6.45, 7) is 2.35. The Morgan fingerprint density at radius 2 is 1.95 bits per heavy atom. The van der Waals surface area contributed by atoms with Gasteiger partial charge in [-0.25, -0.2) is 4.79 Å². The lowest BCUT2D eigenvalue weighted by molar-refractivity contribution is -0.137. The number of nitrogens with one attached hydrogen (secondary N) is 1. The Hall–Kier alpha value is -1.38. The highest BCUT2D eigenvalue weighted by atomic mass is 32.2. The summed E-state index contributed by atoms with van der Waals surface area (Å²) in [6, 6.07) is -0.515. The fraction of sp³-hybridized carbons (Fsp3) is 0.636. The molecule has 0 saturated carbocycles. The molecule has 2 rings (SSSR count). The van der Waals surface area contributed by atoms with Crippen LogP contribution in [-0.4, -0.2) is 45.3 Å². The van der Waals surface area contributed by atoms with E-state index in [4.69, 9.17) is 0 Å². The first-order valence-corrected chi connectivity index (χ1v) is 7.20. The Morgan fingerprint density at radius 3 is 2.50 bits per heavy atom. The number of nitrogens with zero attached hydrogens (tertiary/aromatic N) is 3. The summed E-state index contributed by atoms with van der Waals surface area (Å²) in [5, 5.41) is 6.07. The van der Waals surface area contributed by atoms with Gasteiger partial charge in [-0.15, -0.1) is 0 Å². The molecule has 0 spiro atoms. The molecule has 0 aliphatic carbocycles. The Bertz CT molecular complexity index is 509. The Morgan fingerprint density at radius 1 is 1.35 bits per heavy atom. The van der Waals surface area contributed by atoms with Crippen LogP contribution in [0.25, 0.3) is 0 Å². The molecule has 1 aromatic rings. The molecule has 0 bridgehead atoms. The molecule has 20 heavy (non-hydrogen) atoms. The van der Waals surface area contributed by atoms with Crippen LogP contribution in [0.5, 0.6) is 0 Å². The minimum atomic E-state index is -4.54. The fourth-order valence-electron chi connectivity index (χ4n) is 2.09. The Balaban J connectivity index is 2.22. The van der Waals surface area contributed by atoms with Crippen molar-refractivity contribution in [3.05, 3.63) is 11.3 Å². The van der Waals surface area contributed by atoms with Gasteiger partial charge < -0.3 is 4.90 Å². The van der Waals surface area contributed by atoms with Crippen LogP contribution in [0.2, 0.25) is 0 Å². The van der Waals surface area contributed by atoms with Crippen LogP contribution in [0.4, 0.5) is 23.8 Å². The van der Waals surface area contributed by atoms with Gasteiger partial charge in [0.1, 0.15) is 11.4 Å². The van der Waals surface area contributed by atoms with Gasteiger partial charge in [0.05, 0.1) is 5.69 Å². The number of rotatable bonds is 1. The van der Waals surface area contributed by atoms with Gasteiger partial charge in [0.2, 0.25) is 0 Å². The van der Waals surface area contributed by atoms with Crippen molar-refractivity contribution in [3.63, 3.8) is 0 Å². The molecular formula is C11H15F3N4OS. The number of amides is 2. The fourth-order valence-corrected chi connectivity index (χ4v) is 2.99. The van der Waals surface area contributed by atoms with Gasteiger partial charge in [-0.05, 0) is 6.92 Å². The maximum atomic E-state index is 13.0. The molecule has 112 valence electrons. The molecule has 9 heteroatoms. The number of carbonyl (C=O) groups excluding carboxylic acids is 1. The normalized spacial score (nSPS) is 16.4. The zero-order chi connectivity index (χ0) is 14.9. The number of urea groups is 1. The molecule has 1 fully saturated rings. The van der Waals surface area contributed by atoms with Gasteiger partial charge in [0.25, 0.3) is 0 Å². The van der Waals surface area contributed by atoms with Crippen molar-refractivity contribution in [1.29, 1.82) is 0 Å². The molecule has 2 amide bonds. The van der Waals surface area contributed by atoms with Crippen LogP contribution < -0.4 is 5.32 Å². The molecule has 5 nitrogen and oxygen atoms in total. The van der Waals surface area contributed by atoms with Crippen molar-refractivity contribution in [2.24, 2.45) is 7.05 Å². The summed E-state index contributed by atoms with van der Waals surface area (Å²) in [5.74, 6) is 1.28. The molecular weight excluding hydrogens is 293 g/mol. The van der Waals surface area contributed by atoms with Crippen LogP contribution >= 0.6 is 11.8 Å². The predicted octanol–water partition coefficient (Wildman–Crippen LogP) is 2.33. The third-order valence-corrected chi connectivity index (χ3v) is 3.97. The maximum Gasteiger partial charge on any atom is 0.421 e. The number of thioether (sulfide) groups is 1. The van der Waals surface area contributed by atoms with Gasteiger partial charge >= 0.3 is 12.2 Å². The third kappa shape index (κ3) is 3.02. The van der Waals surface area contributed by atoms with E-state index in [1.165, 1.54) is 18.9 Å². The van der Waals surface area contributed by atoms with Gasteiger partial charge in [0, 0.05) is 31.6 Å². The van der Waals surface area contributed by atoms with Gasteiger partial charge in [-0.1, -0.05) is 0 Å². The lowest BCUT2D eigenvalue weighted by Crippen LogP contribution is -2.41. The molecule has 1 aliphatic heterocycles. The van der Waals surface area contributed by atoms with E-state index in [9.17, 15) is 18.0 Å². The van der Waals surface area contributed by atoms with E-state index in [1.54, 1.807) is 11.8 Å². The van der Waals surface area contributed by atoms with Crippen molar-refractivity contribution in [2.75, 3.05) is 29.9 Å². The third-order valence-electron chi connectivity index (χ3n) is 3.03. The second-order valence-electron chi connectivity index (χ2n) is 4.46. The van der Waals surface area contributed by atoms with E-state index in [0.29, 0.717) is 13.1 Å². The molecule has 0 unspecified atom stereocenters. The Kier molecular flexibility index (Phi) is 4.17. The topological polar surface area (TPSA) is 50.2 Å². The number of alkyl halides is 3. The second kappa shape index (κ2) is 5.55. The highest BCUT2D eigenvalue weighted by Gasteiger charge is 2.39. The number of halogens is 3. The van der Waals surface area contributed by atoms with E-state index >= 15 is 0 Å². The number of aromatic nitrogens is 2. The molecule has 0 radical (unpaired) electrons. The lowest BCUT2D eigenvalue weighted by Gasteiger charge is -2.26. The first-order valence-electron chi connectivity index (χ1n) is 6.05. The van der Waals surface area contributed by atoms with Crippen molar-refractivity contribution >= 4 is 23.6 Å². The average molecular weight is 308 g/mol. The smallest absolute Gasteiger partial charge is 0.323 e. The molecule has 0 aromatic carbocycles. The van der Waals surface area contributed by atoms with E-state index in [-0.39, 0.29) is 11.5 Å². The lowest BCUT2D eigenvalue weighted by atomic mass is 10.2. The standard InChI is InChI=1S/C11H15F3N4OS/c1-7-8(11(12,13)14)9(17(2)16-7)15-10(19)18-3-5-20-6-4-18/h3-6H2,1-2H3,(H,15,19). The minimum absolute atomic E-state index is 0.149. The van der Waals surface area contributed by atoms with Crippen molar-refractivity contribution < 1.29 is 18.0 Å². The van der Waals surface area contributed by atoms with Gasteiger partial charge in [-0.3, -0.25) is 10.00 Å². The summed E-state index contributed by atoms with van der Waals surface area (Å²) < 4.78 is 40.0. The van der Waals surface area contributed by atoms with Crippen LogP contribution in [-0.2, 0) is 13.2 Å². The van der Waals surface area contributed by atoms with Crippen molar-refractivity contribution in [3.8, 4) is 0 Å². The summed E-state index contributed by atoms with van der Waals surface area (Å²) >= 11 is 1.72. The molecule has 1 saturated heterocycles. The molecule has 1 aromatic heterocycles. The van der Waals surface area contributed by atoms with Gasteiger partial charge in [-0.2, -0.15) is 30.0 Å². The summed E-state index contributed by atoms with van der Waals surface area (Å²) in [5.41, 5.74) is -1.04. The summed E-state index contributed by atoms with van der Waals surface area (Å²) in [7, 11) is 1.38. The zero-order valence-corrected chi connectivity index (χ0v) is 11.9. The molecule has 0 atom stereocenters. The van der Waals surface area contributed by atoms with Crippen LogP contribution in [0.3, 0.4) is 0 Å². The van der Waals surface area contributed by atoms with Crippen LogP contribution in [0.1, 0.15) is 11.3 Å². The Labute approximate surface area is 118 Å². The molecule has 1 N–H and O–H groups in total. The van der Waals surface area contributed by atoms with Crippen LogP contribution in [0.15, 0.2) is 0 Å². The number of hydrogen-bond acceptors (Lipinski definition) is 3. The van der Waals surface area contributed by atoms with Crippen LogP contribution in [0, 0.1) is 6.92 Å². The average Bonchev–Trinajstić information content (AvgIpc) is 2.64. The number of hydrogen-bond donors (Lipinski definition) is 1. The number of anilines is 1. The van der Waals surface area contributed by atoms with Crippen molar-refractivity contribution in [2.45, 2.75) is 13.1 Å². The molecule has 2 heterocycles.